The molecule has 11 heteroatoms. The number of rotatable bonds is 11. The van der Waals surface area contributed by atoms with Gasteiger partial charge in [0.25, 0.3) is 0 Å². The molecule has 0 bridgehead atoms. The van der Waals surface area contributed by atoms with Gasteiger partial charge in [0.1, 0.15) is 6.61 Å². The summed E-state index contributed by atoms with van der Waals surface area (Å²) < 4.78 is 4.09. The molecule has 50 heavy (non-hydrogen) atoms. The van der Waals surface area contributed by atoms with E-state index < -0.39 is 0 Å². The van der Waals surface area contributed by atoms with Crippen LogP contribution in [0.4, 0.5) is 0 Å². The van der Waals surface area contributed by atoms with Crippen molar-refractivity contribution in [2.75, 3.05) is 13.2 Å². The molecular weight excluding hydrogens is 626 g/mol. The molecule has 0 amide bonds. The van der Waals surface area contributed by atoms with E-state index in [-0.39, 0.29) is 25.0 Å². The first-order chi connectivity index (χ1) is 24.5. The number of benzene rings is 2. The monoisotopic (exact) mass is 661 g/mol. The van der Waals surface area contributed by atoms with Gasteiger partial charge in [-0.15, -0.1) is 0 Å². The lowest BCUT2D eigenvalue weighted by Crippen LogP contribution is -2.19. The molecule has 0 aliphatic carbocycles. The van der Waals surface area contributed by atoms with Crippen LogP contribution >= 0.6 is 0 Å². The number of fused-ring (bicyclic) bond motifs is 4. The molecule has 248 valence electrons. The van der Waals surface area contributed by atoms with Crippen LogP contribution in [0, 0.1) is 0 Å². The largest absolute Gasteiger partial charge is 0.393 e. The van der Waals surface area contributed by atoms with Gasteiger partial charge in [-0.05, 0) is 58.7 Å². The summed E-state index contributed by atoms with van der Waals surface area (Å²) in [6, 6.07) is 20.7. The van der Waals surface area contributed by atoms with Crippen LogP contribution in [0.1, 0.15) is 59.3 Å². The molecule has 0 aliphatic heterocycles. The normalized spacial score (nSPS) is 12.9. The summed E-state index contributed by atoms with van der Waals surface area (Å²) in [5.74, 6) is 0.913. The quantitative estimate of drug-likeness (QED) is 0.0969. The maximum atomic E-state index is 9.46. The van der Waals surface area contributed by atoms with Crippen LogP contribution < -0.4 is 0 Å². The summed E-state index contributed by atoms with van der Waals surface area (Å²) in [6.45, 7) is 4.15. The molecule has 2 atom stereocenters. The van der Waals surface area contributed by atoms with E-state index in [2.05, 4.69) is 99.9 Å². The molecule has 0 fully saturated rings. The number of oxime groups is 1. The minimum absolute atomic E-state index is 0.0946. The van der Waals surface area contributed by atoms with Gasteiger partial charge in [0.2, 0.25) is 11.6 Å². The molecule has 0 radical (unpaired) electrons. The van der Waals surface area contributed by atoms with Gasteiger partial charge in [0, 0.05) is 84.0 Å². The summed E-state index contributed by atoms with van der Waals surface area (Å²) in [5.41, 5.74) is 9.03. The number of nitrogens with zero attached hydrogens (tertiary/aromatic N) is 9. The summed E-state index contributed by atoms with van der Waals surface area (Å²) in [7, 11) is 0. The first-order valence-electron chi connectivity index (χ1n) is 16.7. The summed E-state index contributed by atoms with van der Waals surface area (Å²) in [6.07, 6.45) is 16.6. The molecule has 8 aromatic rings. The van der Waals surface area contributed by atoms with Crippen LogP contribution in [0.25, 0.3) is 33.4 Å². The molecule has 6 heterocycles. The van der Waals surface area contributed by atoms with E-state index in [1.54, 1.807) is 0 Å². The van der Waals surface area contributed by atoms with Crippen LogP contribution in [-0.4, -0.2) is 62.7 Å². The van der Waals surface area contributed by atoms with Crippen LogP contribution in [0.5, 0.6) is 0 Å². The van der Waals surface area contributed by atoms with Crippen LogP contribution in [0.3, 0.4) is 0 Å². The molecule has 11 nitrogen and oxygen atoms in total. The van der Waals surface area contributed by atoms with E-state index in [9.17, 15) is 5.11 Å². The van der Waals surface area contributed by atoms with E-state index >= 15 is 0 Å². The second-order valence-corrected chi connectivity index (χ2v) is 12.5. The second kappa shape index (κ2) is 13.4. The predicted molar refractivity (Wildman–Crippen MR) is 192 cm³/mol. The maximum absolute atomic E-state index is 9.46. The molecule has 0 spiro atoms. The lowest BCUT2D eigenvalue weighted by atomic mass is 9.87. The zero-order chi connectivity index (χ0) is 34.0. The van der Waals surface area contributed by atoms with E-state index in [0.29, 0.717) is 24.4 Å². The number of hydrogen-bond donors (Lipinski definition) is 1. The van der Waals surface area contributed by atoms with Crippen molar-refractivity contribution in [2.24, 2.45) is 5.16 Å². The van der Waals surface area contributed by atoms with Gasteiger partial charge in [0.05, 0.1) is 35.7 Å². The third-order valence-corrected chi connectivity index (χ3v) is 9.27. The molecule has 0 saturated heterocycles. The van der Waals surface area contributed by atoms with Gasteiger partial charge < -0.3 is 9.94 Å². The van der Waals surface area contributed by atoms with Crippen LogP contribution in [0.15, 0.2) is 115 Å². The summed E-state index contributed by atoms with van der Waals surface area (Å²) in [5, 5.41) is 16.2. The van der Waals surface area contributed by atoms with Gasteiger partial charge >= 0.3 is 0 Å². The molecule has 0 saturated carbocycles. The number of aromatic nitrogens is 8. The molecule has 2 aromatic carbocycles. The zero-order valence-electron chi connectivity index (χ0n) is 27.8. The number of aliphatic hydroxyl groups excluding tert-OH is 1. The van der Waals surface area contributed by atoms with Crippen LogP contribution in [-0.2, 0) is 17.7 Å². The number of hydrogen-bond acceptors (Lipinski definition) is 9. The zero-order valence-corrected chi connectivity index (χ0v) is 27.8. The minimum atomic E-state index is -0.174. The fraction of sp³-hybridized carbons (Fsp3) is 0.205. The van der Waals surface area contributed by atoms with E-state index in [1.807, 2.05) is 58.1 Å². The van der Waals surface area contributed by atoms with E-state index in [1.165, 1.54) is 11.1 Å². The fourth-order valence-corrected chi connectivity index (χ4v) is 6.50. The van der Waals surface area contributed by atoms with Crippen molar-refractivity contribution in [3.63, 3.8) is 0 Å². The van der Waals surface area contributed by atoms with Gasteiger partial charge in [-0.25, -0.2) is 19.9 Å². The Labute approximate surface area is 288 Å². The SMILES string of the molecule is CC(C(=NOCCO)C(C)c1cnc2ncc(Cc3ccc4ncccc4c3)n2c1)c1cnc2ncc(Cc3ccc4ncccc4c3)n2c1. The van der Waals surface area contributed by atoms with E-state index in [4.69, 9.17) is 14.8 Å². The molecule has 8 rings (SSSR count). The Kier molecular flexibility index (Phi) is 8.39. The molecule has 6 aromatic heterocycles. The smallest absolute Gasteiger partial charge is 0.233 e. The van der Waals surface area contributed by atoms with Gasteiger partial charge in [0.15, 0.2) is 0 Å². The topological polar surface area (TPSA) is 128 Å². The number of pyridine rings is 2. The van der Waals surface area contributed by atoms with Gasteiger partial charge in [-0.3, -0.25) is 18.8 Å². The molecule has 2 unspecified atom stereocenters. The van der Waals surface area contributed by atoms with Crippen LogP contribution in [0.2, 0.25) is 0 Å². The highest BCUT2D eigenvalue weighted by atomic mass is 16.6. The van der Waals surface area contributed by atoms with Gasteiger partial charge in [-0.2, -0.15) is 0 Å². The highest BCUT2D eigenvalue weighted by molar-refractivity contribution is 5.95. The minimum Gasteiger partial charge on any atom is -0.393 e. The molecule has 1 N–H and O–H groups in total. The van der Waals surface area contributed by atoms with Crippen molar-refractivity contribution in [1.82, 2.24) is 38.7 Å². The number of imidazole rings is 2. The Morgan fingerprint density at radius 3 is 1.68 bits per heavy atom. The average Bonchev–Trinajstić information content (AvgIpc) is 3.75. The lowest BCUT2D eigenvalue weighted by Gasteiger charge is -2.21. The number of aliphatic hydroxyl groups is 1. The van der Waals surface area contributed by atoms with Crippen molar-refractivity contribution in [3.8, 4) is 0 Å². The highest BCUT2D eigenvalue weighted by Crippen LogP contribution is 2.29. The average molecular weight is 662 g/mol. The Balaban J connectivity index is 1.09. The van der Waals surface area contributed by atoms with Crippen molar-refractivity contribution < 1.29 is 9.94 Å². The lowest BCUT2D eigenvalue weighted by molar-refractivity contribution is 0.0973. The summed E-state index contributed by atoms with van der Waals surface area (Å²) >= 11 is 0. The van der Waals surface area contributed by atoms with Crippen molar-refractivity contribution >= 4 is 39.1 Å². The maximum Gasteiger partial charge on any atom is 0.233 e. The third-order valence-electron chi connectivity index (χ3n) is 9.27. The first kappa shape index (κ1) is 31.2. The molecular formula is C39H35N9O2. The Hall–Kier alpha value is -6.07. The summed E-state index contributed by atoms with van der Waals surface area (Å²) in [4.78, 5) is 33.1. The van der Waals surface area contributed by atoms with E-state index in [0.717, 1.165) is 50.0 Å². The van der Waals surface area contributed by atoms with Crippen molar-refractivity contribution in [1.29, 1.82) is 0 Å². The standard InChI is InChI=1S/C39H35N9O2/c1-25(31-19-42-38-44-21-33(47(38)23-31)17-27-7-9-35-29(15-27)5-3-11-40-35)37(46-50-14-13-49)26(2)32-20-43-39-45-22-34(48(39)24-32)18-28-8-10-36-30(16-28)6-4-12-41-36/h3-12,15-16,19-26,49H,13-14,17-18H2,1-2H3. The second-order valence-electron chi connectivity index (χ2n) is 12.5. The Morgan fingerprint density at radius 1 is 0.680 bits per heavy atom. The molecule has 0 aliphatic rings. The Morgan fingerprint density at radius 2 is 1.18 bits per heavy atom. The highest BCUT2D eigenvalue weighted by Gasteiger charge is 2.24. The van der Waals surface area contributed by atoms with Gasteiger partial charge in [-0.1, -0.05) is 43.3 Å². The fourth-order valence-electron chi connectivity index (χ4n) is 6.50. The first-order valence-corrected chi connectivity index (χ1v) is 16.7. The Bertz CT molecular complexity index is 2340. The third kappa shape index (κ3) is 6.14. The van der Waals surface area contributed by atoms with Crippen molar-refractivity contribution in [3.05, 3.63) is 144 Å². The van der Waals surface area contributed by atoms with Crippen molar-refractivity contribution in [2.45, 2.75) is 38.5 Å². The predicted octanol–water partition coefficient (Wildman–Crippen LogP) is 6.32.